The summed E-state index contributed by atoms with van der Waals surface area (Å²) in [5.74, 6) is 7.47. The second-order valence-corrected chi connectivity index (χ2v) is 5.12. The molecule has 0 unspecified atom stereocenters. The molecule has 0 atom stereocenters. The summed E-state index contributed by atoms with van der Waals surface area (Å²) >= 11 is 3.36. The van der Waals surface area contributed by atoms with Crippen LogP contribution < -0.4 is 0 Å². The zero-order valence-electron chi connectivity index (χ0n) is 10.5. The summed E-state index contributed by atoms with van der Waals surface area (Å²) < 4.78 is 0. The molecule has 0 heterocycles. The van der Waals surface area contributed by atoms with E-state index in [0.717, 1.165) is 5.33 Å². The van der Waals surface area contributed by atoms with Crippen molar-refractivity contribution in [1.29, 1.82) is 0 Å². The Hall–Kier alpha value is -0.740. The Morgan fingerprint density at radius 3 is 1.94 bits per heavy atom. The van der Waals surface area contributed by atoms with E-state index in [1.54, 1.807) is 0 Å². The summed E-state index contributed by atoms with van der Waals surface area (Å²) in [6.07, 6.45) is 0. The lowest BCUT2D eigenvalue weighted by atomic mass is 9.89. The van der Waals surface area contributed by atoms with E-state index in [1.165, 1.54) is 16.7 Å². The molecule has 1 aromatic carbocycles. The Labute approximate surface area is 108 Å². The van der Waals surface area contributed by atoms with E-state index in [9.17, 15) is 0 Å². The molecule has 0 aromatic heterocycles. The SMILES string of the molecule is CC(C)c1cccc(C(C)C)c1C#CCBr. The van der Waals surface area contributed by atoms with E-state index in [1.807, 2.05) is 0 Å². The van der Waals surface area contributed by atoms with Crippen molar-refractivity contribution in [3.05, 3.63) is 34.9 Å². The molecule has 0 spiro atoms. The molecule has 0 bridgehead atoms. The molecule has 0 aliphatic rings. The van der Waals surface area contributed by atoms with Crippen molar-refractivity contribution in [3.63, 3.8) is 0 Å². The predicted molar refractivity (Wildman–Crippen MR) is 75.3 cm³/mol. The van der Waals surface area contributed by atoms with Crippen LogP contribution in [-0.2, 0) is 0 Å². The van der Waals surface area contributed by atoms with Crippen LogP contribution in [0.4, 0.5) is 0 Å². The number of alkyl halides is 1. The highest BCUT2D eigenvalue weighted by molar-refractivity contribution is 9.09. The molecule has 0 amide bonds. The Morgan fingerprint density at radius 2 is 1.56 bits per heavy atom. The number of benzene rings is 1. The molecule has 0 N–H and O–H groups in total. The van der Waals surface area contributed by atoms with Gasteiger partial charge in [0.05, 0.1) is 5.33 Å². The second-order valence-electron chi connectivity index (χ2n) is 4.56. The largest absolute Gasteiger partial charge is 0.0863 e. The van der Waals surface area contributed by atoms with E-state index in [4.69, 9.17) is 0 Å². The van der Waals surface area contributed by atoms with Crippen LogP contribution in [0, 0.1) is 11.8 Å². The Kier molecular flexibility index (Phi) is 5.09. The van der Waals surface area contributed by atoms with Gasteiger partial charge in [0, 0.05) is 5.56 Å². The van der Waals surface area contributed by atoms with Gasteiger partial charge in [-0.2, -0.15) is 0 Å². The molecule has 1 heteroatoms. The third-order valence-corrected chi connectivity index (χ3v) is 2.93. The van der Waals surface area contributed by atoms with Gasteiger partial charge in [0.25, 0.3) is 0 Å². The fourth-order valence-corrected chi connectivity index (χ4v) is 1.96. The van der Waals surface area contributed by atoms with Gasteiger partial charge in [-0.3, -0.25) is 0 Å². The molecule has 0 nitrogen and oxygen atoms in total. The van der Waals surface area contributed by atoms with Gasteiger partial charge in [0.15, 0.2) is 0 Å². The third kappa shape index (κ3) is 3.12. The molecule has 0 fully saturated rings. The Bertz CT molecular complexity index is 379. The molecule has 0 aliphatic carbocycles. The van der Waals surface area contributed by atoms with Crippen LogP contribution in [0.3, 0.4) is 0 Å². The standard InChI is InChI=1S/C15H19Br/c1-11(2)13-7-5-8-14(12(3)4)15(13)9-6-10-16/h5,7-8,11-12H,10H2,1-4H3. The fourth-order valence-electron chi connectivity index (χ4n) is 1.82. The van der Waals surface area contributed by atoms with Crippen LogP contribution in [0.15, 0.2) is 18.2 Å². The number of halogens is 1. The van der Waals surface area contributed by atoms with Crippen LogP contribution in [0.2, 0.25) is 0 Å². The number of rotatable bonds is 2. The molecule has 0 saturated heterocycles. The number of hydrogen-bond donors (Lipinski definition) is 0. The Morgan fingerprint density at radius 1 is 1.06 bits per heavy atom. The van der Waals surface area contributed by atoms with E-state index in [2.05, 4.69) is 73.7 Å². The third-order valence-electron chi connectivity index (χ3n) is 2.65. The topological polar surface area (TPSA) is 0 Å². The van der Waals surface area contributed by atoms with Crippen molar-refractivity contribution in [2.24, 2.45) is 0 Å². The van der Waals surface area contributed by atoms with Crippen LogP contribution in [0.5, 0.6) is 0 Å². The van der Waals surface area contributed by atoms with Gasteiger partial charge in [-0.05, 0) is 23.0 Å². The highest BCUT2D eigenvalue weighted by Crippen LogP contribution is 2.26. The molecule has 0 radical (unpaired) electrons. The van der Waals surface area contributed by atoms with Crippen molar-refractivity contribution in [3.8, 4) is 11.8 Å². The quantitative estimate of drug-likeness (QED) is 0.544. The molecule has 0 aliphatic heterocycles. The predicted octanol–water partition coefficient (Wildman–Crippen LogP) is 4.68. The summed E-state index contributed by atoms with van der Waals surface area (Å²) in [6, 6.07) is 6.52. The zero-order valence-corrected chi connectivity index (χ0v) is 12.1. The smallest absolute Gasteiger partial charge is 0.0649 e. The Balaban J connectivity index is 3.35. The van der Waals surface area contributed by atoms with Crippen molar-refractivity contribution in [2.45, 2.75) is 39.5 Å². The van der Waals surface area contributed by atoms with Gasteiger partial charge in [0.1, 0.15) is 0 Å². The highest BCUT2D eigenvalue weighted by atomic mass is 79.9. The van der Waals surface area contributed by atoms with Crippen molar-refractivity contribution >= 4 is 15.9 Å². The average molecular weight is 279 g/mol. The van der Waals surface area contributed by atoms with Gasteiger partial charge in [-0.15, -0.1) is 0 Å². The summed E-state index contributed by atoms with van der Waals surface area (Å²) in [6.45, 7) is 8.88. The van der Waals surface area contributed by atoms with Gasteiger partial charge >= 0.3 is 0 Å². The maximum Gasteiger partial charge on any atom is 0.0649 e. The van der Waals surface area contributed by atoms with E-state index < -0.39 is 0 Å². The lowest BCUT2D eigenvalue weighted by Gasteiger charge is -2.15. The first-order valence-electron chi connectivity index (χ1n) is 5.75. The molecular formula is C15H19Br. The highest BCUT2D eigenvalue weighted by Gasteiger charge is 2.11. The van der Waals surface area contributed by atoms with Gasteiger partial charge in [0.2, 0.25) is 0 Å². The summed E-state index contributed by atoms with van der Waals surface area (Å²) in [4.78, 5) is 0. The van der Waals surface area contributed by atoms with E-state index >= 15 is 0 Å². The summed E-state index contributed by atoms with van der Waals surface area (Å²) in [5, 5.41) is 0.733. The maximum atomic E-state index is 3.36. The maximum absolute atomic E-state index is 3.36. The van der Waals surface area contributed by atoms with Gasteiger partial charge < -0.3 is 0 Å². The molecule has 1 rings (SSSR count). The molecule has 0 saturated carbocycles. The first kappa shape index (κ1) is 13.3. The van der Waals surface area contributed by atoms with E-state index in [0.29, 0.717) is 11.8 Å². The monoisotopic (exact) mass is 278 g/mol. The van der Waals surface area contributed by atoms with Gasteiger partial charge in [-0.1, -0.05) is 73.7 Å². The fraction of sp³-hybridized carbons (Fsp3) is 0.467. The van der Waals surface area contributed by atoms with E-state index in [-0.39, 0.29) is 0 Å². The summed E-state index contributed by atoms with van der Waals surface area (Å²) in [5.41, 5.74) is 3.95. The van der Waals surface area contributed by atoms with Crippen LogP contribution in [-0.4, -0.2) is 5.33 Å². The molecular weight excluding hydrogens is 260 g/mol. The minimum absolute atomic E-state index is 0.526. The van der Waals surface area contributed by atoms with Crippen molar-refractivity contribution in [1.82, 2.24) is 0 Å². The van der Waals surface area contributed by atoms with Crippen molar-refractivity contribution < 1.29 is 0 Å². The molecule has 16 heavy (non-hydrogen) atoms. The molecule has 1 aromatic rings. The molecule has 86 valence electrons. The minimum Gasteiger partial charge on any atom is -0.0863 e. The summed E-state index contributed by atoms with van der Waals surface area (Å²) in [7, 11) is 0. The van der Waals surface area contributed by atoms with Crippen LogP contribution in [0.1, 0.15) is 56.2 Å². The lowest BCUT2D eigenvalue weighted by molar-refractivity contribution is 0.828. The first-order valence-corrected chi connectivity index (χ1v) is 6.87. The zero-order chi connectivity index (χ0) is 12.1. The minimum atomic E-state index is 0.526. The second kappa shape index (κ2) is 6.11. The van der Waals surface area contributed by atoms with Crippen molar-refractivity contribution in [2.75, 3.05) is 5.33 Å². The lowest BCUT2D eigenvalue weighted by Crippen LogP contribution is -2.00. The average Bonchev–Trinajstić information content (AvgIpc) is 2.25. The van der Waals surface area contributed by atoms with Crippen LogP contribution in [0.25, 0.3) is 0 Å². The number of hydrogen-bond acceptors (Lipinski definition) is 0. The van der Waals surface area contributed by atoms with Crippen LogP contribution >= 0.6 is 15.9 Å². The van der Waals surface area contributed by atoms with Gasteiger partial charge in [-0.25, -0.2) is 0 Å². The first-order chi connectivity index (χ1) is 7.57. The normalized spacial score (nSPS) is 10.4.